The molecule has 1 unspecified atom stereocenters. The lowest BCUT2D eigenvalue weighted by atomic mass is 9.98. The van der Waals surface area contributed by atoms with Crippen molar-refractivity contribution in [3.05, 3.63) is 71.0 Å². The van der Waals surface area contributed by atoms with Crippen LogP contribution in [0.2, 0.25) is 0 Å². The number of carbonyl (C=O) groups is 3. The number of hydrogen-bond donors (Lipinski definition) is 1. The van der Waals surface area contributed by atoms with Crippen molar-refractivity contribution in [2.45, 2.75) is 26.3 Å². The molecule has 142 valence electrons. The molecule has 6 heteroatoms. The molecule has 0 radical (unpaired) electrons. The van der Waals surface area contributed by atoms with E-state index >= 15 is 0 Å². The van der Waals surface area contributed by atoms with Crippen LogP contribution in [0.25, 0.3) is 11.0 Å². The van der Waals surface area contributed by atoms with Gasteiger partial charge in [0, 0.05) is 10.9 Å². The smallest absolute Gasteiger partial charge is 0.325 e. The lowest BCUT2D eigenvalue weighted by molar-refractivity contribution is -0.131. The van der Waals surface area contributed by atoms with Crippen molar-refractivity contribution in [3.8, 4) is 0 Å². The molecule has 4 rings (SSSR count). The van der Waals surface area contributed by atoms with Gasteiger partial charge in [-0.1, -0.05) is 42.0 Å². The van der Waals surface area contributed by atoms with E-state index in [-0.39, 0.29) is 12.3 Å². The second-order valence-electron chi connectivity index (χ2n) is 7.34. The number of urea groups is 1. The Balaban J connectivity index is 1.62. The molecule has 6 nitrogen and oxygen atoms in total. The summed E-state index contributed by atoms with van der Waals surface area (Å²) in [7, 11) is 0. The van der Waals surface area contributed by atoms with Crippen LogP contribution in [0.5, 0.6) is 0 Å². The fourth-order valence-corrected chi connectivity index (χ4v) is 3.59. The van der Waals surface area contributed by atoms with Crippen LogP contribution in [-0.4, -0.2) is 29.2 Å². The second kappa shape index (κ2) is 6.34. The van der Waals surface area contributed by atoms with E-state index in [0.29, 0.717) is 16.9 Å². The monoisotopic (exact) mass is 376 g/mol. The predicted octanol–water partition coefficient (Wildman–Crippen LogP) is 3.70. The quantitative estimate of drug-likeness (QED) is 0.556. The van der Waals surface area contributed by atoms with Crippen molar-refractivity contribution in [2.24, 2.45) is 0 Å². The molecule has 1 aromatic heterocycles. The number of rotatable bonds is 4. The van der Waals surface area contributed by atoms with Crippen molar-refractivity contribution in [1.29, 1.82) is 0 Å². The number of benzene rings is 2. The maximum atomic E-state index is 13.1. The van der Waals surface area contributed by atoms with Gasteiger partial charge in [-0.05, 0) is 38.5 Å². The molecule has 0 aliphatic carbocycles. The van der Waals surface area contributed by atoms with Crippen LogP contribution in [0.1, 0.15) is 34.2 Å². The molecule has 2 aromatic carbocycles. The molecular weight excluding hydrogens is 356 g/mol. The minimum absolute atomic E-state index is 0.283. The topological polar surface area (TPSA) is 79.6 Å². The van der Waals surface area contributed by atoms with Gasteiger partial charge in [0.1, 0.15) is 11.3 Å². The summed E-state index contributed by atoms with van der Waals surface area (Å²) in [6.45, 7) is 5.05. The highest BCUT2D eigenvalue weighted by atomic mass is 16.3. The molecular formula is C22H20N2O4. The van der Waals surface area contributed by atoms with Gasteiger partial charge in [0.2, 0.25) is 0 Å². The van der Waals surface area contributed by atoms with Crippen LogP contribution in [0.3, 0.4) is 0 Å². The molecule has 1 fully saturated rings. The number of hydrogen-bond acceptors (Lipinski definition) is 4. The average molecular weight is 376 g/mol. The third-order valence-corrected chi connectivity index (χ3v) is 5.18. The maximum Gasteiger partial charge on any atom is 0.325 e. The Labute approximate surface area is 162 Å². The normalized spacial score (nSPS) is 19.3. The third-order valence-electron chi connectivity index (χ3n) is 5.18. The lowest BCUT2D eigenvalue weighted by Gasteiger charge is -2.19. The molecule has 2 heterocycles. The van der Waals surface area contributed by atoms with E-state index in [2.05, 4.69) is 5.32 Å². The molecule has 1 aliphatic heterocycles. The summed E-state index contributed by atoms with van der Waals surface area (Å²) in [5, 5.41) is 3.52. The van der Waals surface area contributed by atoms with Crippen molar-refractivity contribution >= 4 is 28.7 Å². The Kier molecular flexibility index (Phi) is 4.07. The van der Waals surface area contributed by atoms with E-state index in [9.17, 15) is 14.4 Å². The van der Waals surface area contributed by atoms with Gasteiger partial charge in [0.05, 0.1) is 6.54 Å². The molecule has 1 aliphatic rings. The van der Waals surface area contributed by atoms with Crippen LogP contribution in [0, 0.1) is 13.8 Å². The molecule has 1 saturated heterocycles. The summed E-state index contributed by atoms with van der Waals surface area (Å²) < 4.78 is 5.80. The zero-order chi connectivity index (χ0) is 20.1. The number of para-hydroxylation sites is 1. The number of Topliss-reactive ketones (excluding diaryl/α,β-unsaturated/α-hetero) is 1. The van der Waals surface area contributed by atoms with Gasteiger partial charge in [-0.2, -0.15) is 0 Å². The minimum Gasteiger partial charge on any atom is -0.458 e. The predicted molar refractivity (Wildman–Crippen MR) is 104 cm³/mol. The molecule has 1 N–H and O–H groups in total. The van der Waals surface area contributed by atoms with Crippen molar-refractivity contribution in [3.63, 3.8) is 0 Å². The Bertz CT molecular complexity index is 1100. The summed E-state index contributed by atoms with van der Waals surface area (Å²) in [6.07, 6.45) is 0. The number of nitrogens with zero attached hydrogens (tertiary/aromatic N) is 1. The van der Waals surface area contributed by atoms with E-state index in [1.54, 1.807) is 25.1 Å². The first-order chi connectivity index (χ1) is 13.3. The molecule has 3 aromatic rings. The number of fused-ring (bicyclic) bond motifs is 1. The van der Waals surface area contributed by atoms with Gasteiger partial charge in [0.15, 0.2) is 11.3 Å². The third kappa shape index (κ3) is 2.78. The van der Waals surface area contributed by atoms with E-state index in [4.69, 9.17) is 4.42 Å². The highest BCUT2D eigenvalue weighted by molar-refractivity contribution is 6.11. The number of nitrogens with one attached hydrogen (secondary N) is 1. The molecule has 3 amide bonds. The Morgan fingerprint density at radius 1 is 1.11 bits per heavy atom. The van der Waals surface area contributed by atoms with Crippen LogP contribution in [0.15, 0.2) is 52.9 Å². The molecule has 0 bridgehead atoms. The van der Waals surface area contributed by atoms with Crippen LogP contribution < -0.4 is 5.32 Å². The highest BCUT2D eigenvalue weighted by Crippen LogP contribution is 2.33. The van der Waals surface area contributed by atoms with Gasteiger partial charge in [-0.3, -0.25) is 14.5 Å². The zero-order valence-corrected chi connectivity index (χ0v) is 15.9. The van der Waals surface area contributed by atoms with E-state index < -0.39 is 17.5 Å². The van der Waals surface area contributed by atoms with E-state index in [1.165, 1.54) is 0 Å². The molecule has 1 atom stereocenters. The Morgan fingerprint density at radius 3 is 2.57 bits per heavy atom. The van der Waals surface area contributed by atoms with Gasteiger partial charge >= 0.3 is 6.03 Å². The molecule has 0 saturated carbocycles. The van der Waals surface area contributed by atoms with Crippen molar-refractivity contribution < 1.29 is 18.8 Å². The Morgan fingerprint density at radius 2 is 1.86 bits per heavy atom. The Hall–Kier alpha value is -3.41. The lowest BCUT2D eigenvalue weighted by Crippen LogP contribution is -2.41. The number of furan rings is 1. The highest BCUT2D eigenvalue weighted by Gasteiger charge is 2.51. The number of ketones is 1. The summed E-state index contributed by atoms with van der Waals surface area (Å²) >= 11 is 0. The summed E-state index contributed by atoms with van der Waals surface area (Å²) in [5.41, 5.74) is 1.64. The molecule has 28 heavy (non-hydrogen) atoms. The number of aryl methyl sites for hydroxylation is 2. The zero-order valence-electron chi connectivity index (χ0n) is 15.9. The number of carbonyl (C=O) groups excluding carboxylic acids is 3. The SMILES string of the molecule is Cc1ccc(C(=O)CN2C(=O)NC(C)(c3cc4ccccc4o3)C2=O)c(C)c1. The first-order valence-corrected chi connectivity index (χ1v) is 9.03. The minimum atomic E-state index is -1.35. The number of imide groups is 1. The van der Waals surface area contributed by atoms with Crippen molar-refractivity contribution in [2.75, 3.05) is 6.54 Å². The first kappa shape index (κ1) is 18.0. The summed E-state index contributed by atoms with van der Waals surface area (Å²) in [6, 6.07) is 14.0. The largest absolute Gasteiger partial charge is 0.458 e. The fraction of sp³-hybridized carbons (Fsp3) is 0.227. The van der Waals surface area contributed by atoms with Crippen LogP contribution in [-0.2, 0) is 10.3 Å². The van der Waals surface area contributed by atoms with E-state index in [1.807, 2.05) is 44.2 Å². The summed E-state index contributed by atoms with van der Waals surface area (Å²) in [5.74, 6) is -0.446. The standard InChI is InChI=1S/C22H20N2O4/c1-13-8-9-16(14(2)10-13)17(25)12-24-20(26)22(3,23-21(24)27)19-11-15-6-4-5-7-18(15)28-19/h4-11H,12H2,1-3H3,(H,23,27). The molecule has 0 spiro atoms. The fourth-order valence-electron chi connectivity index (χ4n) is 3.59. The van der Waals surface area contributed by atoms with Gasteiger partial charge in [0.25, 0.3) is 5.91 Å². The summed E-state index contributed by atoms with van der Waals surface area (Å²) in [4.78, 5) is 39.2. The first-order valence-electron chi connectivity index (χ1n) is 9.03. The van der Waals surface area contributed by atoms with Gasteiger partial charge < -0.3 is 9.73 Å². The second-order valence-corrected chi connectivity index (χ2v) is 7.34. The van der Waals surface area contributed by atoms with Gasteiger partial charge in [-0.25, -0.2) is 4.79 Å². The van der Waals surface area contributed by atoms with Gasteiger partial charge in [-0.15, -0.1) is 0 Å². The van der Waals surface area contributed by atoms with E-state index in [0.717, 1.165) is 21.4 Å². The average Bonchev–Trinajstić information content (AvgIpc) is 3.17. The van der Waals surface area contributed by atoms with Crippen LogP contribution in [0.4, 0.5) is 4.79 Å². The maximum absolute atomic E-state index is 13.1. The van der Waals surface area contributed by atoms with Crippen LogP contribution >= 0.6 is 0 Å². The number of amides is 3. The van der Waals surface area contributed by atoms with Crippen molar-refractivity contribution in [1.82, 2.24) is 10.2 Å².